The molecule has 2 rings (SSSR count). The molecular formula is C10H15NO2. The fourth-order valence-electron chi connectivity index (χ4n) is 2.86. The van der Waals surface area contributed by atoms with Crippen LogP contribution in [0.25, 0.3) is 0 Å². The Labute approximate surface area is 78.1 Å². The van der Waals surface area contributed by atoms with E-state index in [9.17, 15) is 9.59 Å². The van der Waals surface area contributed by atoms with E-state index in [1.807, 2.05) is 0 Å². The first-order chi connectivity index (χ1) is 6.29. The van der Waals surface area contributed by atoms with Crippen molar-refractivity contribution in [3.8, 4) is 0 Å². The van der Waals surface area contributed by atoms with Gasteiger partial charge in [-0.05, 0) is 24.7 Å². The normalized spacial score (nSPS) is 31.1. The molecule has 0 aromatic heterocycles. The van der Waals surface area contributed by atoms with Crippen LogP contribution in [0.5, 0.6) is 0 Å². The Morgan fingerprint density at radius 3 is 2.38 bits per heavy atom. The molecule has 2 fully saturated rings. The van der Waals surface area contributed by atoms with Crippen LogP contribution in [-0.2, 0) is 9.59 Å². The van der Waals surface area contributed by atoms with Crippen LogP contribution in [0, 0.1) is 5.41 Å². The standard InChI is InChI=1S/C10H15NO2/c12-6-9-5-10(3-1-2-4-10)7-11(9)8-13/h6,8-9H,1-5,7H2/t9-/m0/s1. The first kappa shape index (κ1) is 8.73. The van der Waals surface area contributed by atoms with E-state index >= 15 is 0 Å². The van der Waals surface area contributed by atoms with Crippen molar-refractivity contribution in [1.29, 1.82) is 0 Å². The van der Waals surface area contributed by atoms with E-state index in [0.29, 0.717) is 5.41 Å². The molecule has 1 saturated heterocycles. The van der Waals surface area contributed by atoms with Crippen LogP contribution in [0.2, 0.25) is 0 Å². The Kier molecular flexibility index (Phi) is 2.10. The molecule has 0 bridgehead atoms. The van der Waals surface area contributed by atoms with Crippen LogP contribution in [-0.4, -0.2) is 30.2 Å². The molecular weight excluding hydrogens is 166 g/mol. The third kappa shape index (κ3) is 1.36. The van der Waals surface area contributed by atoms with Gasteiger partial charge in [-0.25, -0.2) is 0 Å². The molecule has 1 saturated carbocycles. The van der Waals surface area contributed by atoms with E-state index in [0.717, 1.165) is 25.7 Å². The van der Waals surface area contributed by atoms with Gasteiger partial charge >= 0.3 is 0 Å². The van der Waals surface area contributed by atoms with Gasteiger partial charge in [0.1, 0.15) is 6.29 Å². The summed E-state index contributed by atoms with van der Waals surface area (Å²) in [4.78, 5) is 23.1. The number of hydrogen-bond acceptors (Lipinski definition) is 2. The summed E-state index contributed by atoms with van der Waals surface area (Å²) in [7, 11) is 0. The molecule has 1 heterocycles. The average molecular weight is 181 g/mol. The minimum absolute atomic E-state index is 0.143. The number of nitrogens with zero attached hydrogens (tertiary/aromatic N) is 1. The average Bonchev–Trinajstić information content (AvgIpc) is 2.74. The molecule has 2 aliphatic rings. The summed E-state index contributed by atoms with van der Waals surface area (Å²) in [6.45, 7) is 0.805. The van der Waals surface area contributed by atoms with Crippen molar-refractivity contribution in [1.82, 2.24) is 4.90 Å². The second-order valence-corrected chi connectivity index (χ2v) is 4.39. The van der Waals surface area contributed by atoms with Crippen LogP contribution >= 0.6 is 0 Å². The molecule has 0 aromatic rings. The van der Waals surface area contributed by atoms with Crippen molar-refractivity contribution in [2.75, 3.05) is 6.54 Å². The summed E-state index contributed by atoms with van der Waals surface area (Å²) in [6, 6.07) is -0.143. The zero-order valence-corrected chi connectivity index (χ0v) is 7.74. The Hall–Kier alpha value is -0.860. The highest BCUT2D eigenvalue weighted by Gasteiger charge is 2.44. The minimum Gasteiger partial charge on any atom is -0.335 e. The first-order valence-electron chi connectivity index (χ1n) is 4.96. The molecule has 0 N–H and O–H groups in total. The largest absolute Gasteiger partial charge is 0.335 e. The lowest BCUT2D eigenvalue weighted by Gasteiger charge is -2.21. The van der Waals surface area contributed by atoms with Crippen molar-refractivity contribution in [3.63, 3.8) is 0 Å². The zero-order chi connectivity index (χ0) is 9.31. The Bertz CT molecular complexity index is 203. The number of aldehydes is 1. The SMILES string of the molecule is O=C[C@@H]1CC2(CCCC2)CN1C=O. The summed E-state index contributed by atoms with van der Waals surface area (Å²) < 4.78 is 0. The summed E-state index contributed by atoms with van der Waals surface area (Å²) in [5.74, 6) is 0. The van der Waals surface area contributed by atoms with Gasteiger partial charge in [0.25, 0.3) is 0 Å². The van der Waals surface area contributed by atoms with Crippen molar-refractivity contribution in [2.45, 2.75) is 38.1 Å². The maximum atomic E-state index is 10.7. The van der Waals surface area contributed by atoms with Gasteiger partial charge in [0.15, 0.2) is 0 Å². The number of hydrogen-bond donors (Lipinski definition) is 0. The van der Waals surface area contributed by atoms with E-state index in [4.69, 9.17) is 0 Å². The van der Waals surface area contributed by atoms with Crippen molar-refractivity contribution < 1.29 is 9.59 Å². The molecule has 72 valence electrons. The van der Waals surface area contributed by atoms with E-state index in [-0.39, 0.29) is 6.04 Å². The quantitative estimate of drug-likeness (QED) is 0.595. The van der Waals surface area contributed by atoms with Gasteiger partial charge in [-0.1, -0.05) is 12.8 Å². The third-order valence-electron chi connectivity index (χ3n) is 3.54. The van der Waals surface area contributed by atoms with Crippen LogP contribution in [0.3, 0.4) is 0 Å². The fraction of sp³-hybridized carbons (Fsp3) is 0.800. The molecule has 3 nitrogen and oxygen atoms in total. The monoisotopic (exact) mass is 181 g/mol. The molecule has 1 amide bonds. The number of rotatable bonds is 2. The molecule has 1 atom stereocenters. The number of amides is 1. The summed E-state index contributed by atoms with van der Waals surface area (Å²) in [6.07, 6.45) is 7.56. The highest BCUT2D eigenvalue weighted by atomic mass is 16.1. The smallest absolute Gasteiger partial charge is 0.210 e. The second kappa shape index (κ2) is 3.13. The lowest BCUT2D eigenvalue weighted by atomic mass is 9.84. The Balaban J connectivity index is 2.11. The molecule has 0 radical (unpaired) electrons. The number of carbonyl (C=O) groups excluding carboxylic acids is 2. The van der Waals surface area contributed by atoms with E-state index < -0.39 is 0 Å². The molecule has 1 aliphatic heterocycles. The highest BCUT2D eigenvalue weighted by Crippen LogP contribution is 2.46. The van der Waals surface area contributed by atoms with Gasteiger partial charge in [0.2, 0.25) is 6.41 Å². The van der Waals surface area contributed by atoms with Gasteiger partial charge in [-0.3, -0.25) is 4.79 Å². The predicted octanol–water partition coefficient (Wildman–Crippen LogP) is 0.976. The van der Waals surface area contributed by atoms with Crippen molar-refractivity contribution >= 4 is 12.7 Å². The minimum atomic E-state index is -0.143. The van der Waals surface area contributed by atoms with Gasteiger partial charge in [0, 0.05) is 6.54 Å². The Morgan fingerprint density at radius 2 is 1.92 bits per heavy atom. The Morgan fingerprint density at radius 1 is 1.23 bits per heavy atom. The first-order valence-corrected chi connectivity index (χ1v) is 4.96. The molecule has 0 unspecified atom stereocenters. The van der Waals surface area contributed by atoms with E-state index in [1.165, 1.54) is 25.7 Å². The zero-order valence-electron chi connectivity index (χ0n) is 7.74. The molecule has 1 aliphatic carbocycles. The molecule has 1 spiro atoms. The van der Waals surface area contributed by atoms with Crippen LogP contribution in [0.15, 0.2) is 0 Å². The topological polar surface area (TPSA) is 37.4 Å². The van der Waals surface area contributed by atoms with Crippen LogP contribution < -0.4 is 0 Å². The fourth-order valence-corrected chi connectivity index (χ4v) is 2.86. The number of carbonyl (C=O) groups is 2. The van der Waals surface area contributed by atoms with Gasteiger partial charge < -0.3 is 9.69 Å². The maximum Gasteiger partial charge on any atom is 0.210 e. The summed E-state index contributed by atoms with van der Waals surface area (Å²) in [5.41, 5.74) is 0.298. The molecule has 3 heteroatoms. The molecule has 13 heavy (non-hydrogen) atoms. The van der Waals surface area contributed by atoms with Crippen LogP contribution in [0.1, 0.15) is 32.1 Å². The summed E-state index contributed by atoms with van der Waals surface area (Å²) in [5, 5.41) is 0. The maximum absolute atomic E-state index is 10.7. The molecule has 0 aromatic carbocycles. The van der Waals surface area contributed by atoms with Crippen LogP contribution in [0.4, 0.5) is 0 Å². The summed E-state index contributed by atoms with van der Waals surface area (Å²) >= 11 is 0. The second-order valence-electron chi connectivity index (χ2n) is 4.39. The van der Waals surface area contributed by atoms with Gasteiger partial charge in [0.05, 0.1) is 6.04 Å². The highest BCUT2D eigenvalue weighted by molar-refractivity contribution is 5.65. The number of likely N-dealkylation sites (tertiary alicyclic amines) is 1. The predicted molar refractivity (Wildman–Crippen MR) is 48.1 cm³/mol. The van der Waals surface area contributed by atoms with E-state index in [1.54, 1.807) is 4.90 Å². The third-order valence-corrected chi connectivity index (χ3v) is 3.54. The van der Waals surface area contributed by atoms with Crippen molar-refractivity contribution in [2.24, 2.45) is 5.41 Å². The van der Waals surface area contributed by atoms with Gasteiger partial charge in [-0.2, -0.15) is 0 Å². The van der Waals surface area contributed by atoms with Crippen molar-refractivity contribution in [3.05, 3.63) is 0 Å². The lowest BCUT2D eigenvalue weighted by Crippen LogP contribution is -2.29. The van der Waals surface area contributed by atoms with Gasteiger partial charge in [-0.15, -0.1) is 0 Å². The lowest BCUT2D eigenvalue weighted by molar-refractivity contribution is -0.123. The van der Waals surface area contributed by atoms with E-state index in [2.05, 4.69) is 0 Å².